The number of hydrogen-bond donors (Lipinski definition) is 0. The van der Waals surface area contributed by atoms with Crippen molar-refractivity contribution in [2.45, 2.75) is 27.7 Å². The van der Waals surface area contributed by atoms with E-state index in [0.29, 0.717) is 0 Å². The molecule has 0 unspecified atom stereocenters. The maximum Gasteiger partial charge on any atom is 0.413 e. The summed E-state index contributed by atoms with van der Waals surface area (Å²) in [6.45, 7) is 17.3. The Morgan fingerprint density at radius 3 is 1.64 bits per heavy atom. The molecule has 0 saturated heterocycles. The lowest BCUT2D eigenvalue weighted by Gasteiger charge is -2.06. The van der Waals surface area contributed by atoms with Crippen molar-refractivity contribution in [2.24, 2.45) is 0 Å². The Balaban J connectivity index is 2.04. The Morgan fingerprint density at radius 2 is 1.20 bits per heavy atom. The van der Waals surface area contributed by atoms with Crippen molar-refractivity contribution >= 4 is 36.1 Å². The SMILES string of the molecule is C=Cc1cc(C)c([N+]2=CC[N+](c3c(C)cc(C=C)cc3C)=C2)c(C)c1. The second kappa shape index (κ2) is 6.64. The Morgan fingerprint density at radius 1 is 0.760 bits per heavy atom. The van der Waals surface area contributed by atoms with Crippen LogP contribution < -0.4 is 0 Å². The second-order valence-corrected chi connectivity index (χ2v) is 6.77. The average molecular weight is 330 g/mol. The van der Waals surface area contributed by atoms with E-state index >= 15 is 0 Å². The minimum atomic E-state index is 0.872. The summed E-state index contributed by atoms with van der Waals surface area (Å²) in [5.74, 6) is 0. The van der Waals surface area contributed by atoms with Crippen LogP contribution in [-0.2, 0) is 0 Å². The van der Waals surface area contributed by atoms with Gasteiger partial charge in [-0.1, -0.05) is 25.3 Å². The van der Waals surface area contributed by atoms with Crippen molar-refractivity contribution in [2.75, 3.05) is 6.54 Å². The van der Waals surface area contributed by atoms with E-state index in [1.807, 2.05) is 12.2 Å². The van der Waals surface area contributed by atoms with Crippen LogP contribution in [0.25, 0.3) is 12.2 Å². The molecule has 0 spiro atoms. The predicted octanol–water partition coefficient (Wildman–Crippen LogP) is 5.31. The van der Waals surface area contributed by atoms with Crippen molar-refractivity contribution in [3.05, 3.63) is 70.8 Å². The van der Waals surface area contributed by atoms with Crippen molar-refractivity contribution in [3.8, 4) is 0 Å². The molecule has 25 heavy (non-hydrogen) atoms. The molecule has 0 fully saturated rings. The molecule has 2 aromatic carbocycles. The van der Waals surface area contributed by atoms with Crippen LogP contribution in [0.3, 0.4) is 0 Å². The van der Waals surface area contributed by atoms with Crippen molar-refractivity contribution in [1.82, 2.24) is 0 Å². The maximum atomic E-state index is 3.88. The lowest BCUT2D eigenvalue weighted by atomic mass is 10.0. The highest BCUT2D eigenvalue weighted by atomic mass is 15.2. The molecule has 2 nitrogen and oxygen atoms in total. The Hall–Kier alpha value is -2.74. The third-order valence-electron chi connectivity index (χ3n) is 4.78. The lowest BCUT2D eigenvalue weighted by molar-refractivity contribution is -0.446. The van der Waals surface area contributed by atoms with Gasteiger partial charge in [0.1, 0.15) is 0 Å². The standard InChI is InChI=1S/C23H26N2/c1-7-20-11-16(3)22(17(4)12-20)24-9-10-25(15-24)23-18(5)13-21(8-2)14-19(23)6/h7-9,11-15H,1-2,10H2,3-6H3/q+2. The molecule has 3 rings (SSSR count). The van der Waals surface area contributed by atoms with Crippen LogP contribution in [0.5, 0.6) is 0 Å². The number of nitrogens with zero attached hydrogens (tertiary/aromatic N) is 2. The van der Waals surface area contributed by atoms with Crippen molar-refractivity contribution in [1.29, 1.82) is 0 Å². The van der Waals surface area contributed by atoms with Crippen LogP contribution in [0.15, 0.2) is 37.4 Å². The summed E-state index contributed by atoms with van der Waals surface area (Å²) >= 11 is 0. The van der Waals surface area contributed by atoms with E-state index in [4.69, 9.17) is 0 Å². The molecule has 1 heterocycles. The maximum absolute atomic E-state index is 3.88. The molecular weight excluding hydrogens is 304 g/mol. The largest absolute Gasteiger partial charge is 0.413 e. The van der Waals surface area contributed by atoms with Gasteiger partial charge in [-0.15, -0.1) is 9.15 Å². The normalized spacial score (nSPS) is 13.4. The Labute approximate surface area is 150 Å². The summed E-state index contributed by atoms with van der Waals surface area (Å²) in [4.78, 5) is 0. The predicted molar refractivity (Wildman–Crippen MR) is 109 cm³/mol. The highest BCUT2D eigenvalue weighted by Gasteiger charge is 2.29. The van der Waals surface area contributed by atoms with Gasteiger partial charge in [-0.2, -0.15) is 0 Å². The minimum absolute atomic E-state index is 0.872. The second-order valence-electron chi connectivity index (χ2n) is 6.77. The van der Waals surface area contributed by atoms with Crippen LogP contribution >= 0.6 is 0 Å². The molecule has 0 aromatic heterocycles. The molecule has 2 heteroatoms. The molecule has 1 aliphatic rings. The number of aryl methyl sites for hydroxylation is 4. The third-order valence-corrected chi connectivity index (χ3v) is 4.78. The van der Waals surface area contributed by atoms with E-state index in [1.165, 1.54) is 44.8 Å². The van der Waals surface area contributed by atoms with Gasteiger partial charge in [0, 0.05) is 22.3 Å². The summed E-state index contributed by atoms with van der Waals surface area (Å²) in [5, 5.41) is 0. The topological polar surface area (TPSA) is 6.02 Å². The quantitative estimate of drug-likeness (QED) is 0.670. The number of hydrogen-bond acceptors (Lipinski definition) is 0. The molecule has 0 N–H and O–H groups in total. The van der Waals surface area contributed by atoms with Gasteiger partial charge in [0.15, 0.2) is 0 Å². The van der Waals surface area contributed by atoms with Gasteiger partial charge in [-0.3, -0.25) is 0 Å². The molecule has 1 aliphatic heterocycles. The first-order chi connectivity index (χ1) is 11.9. The molecule has 0 radical (unpaired) electrons. The van der Waals surface area contributed by atoms with Gasteiger partial charge in [-0.25, -0.2) is 0 Å². The van der Waals surface area contributed by atoms with Crippen molar-refractivity contribution in [3.63, 3.8) is 0 Å². The van der Waals surface area contributed by atoms with E-state index < -0.39 is 0 Å². The van der Waals surface area contributed by atoms with E-state index in [1.54, 1.807) is 0 Å². The first-order valence-electron chi connectivity index (χ1n) is 8.65. The van der Waals surface area contributed by atoms with E-state index in [2.05, 4.69) is 86.8 Å². The Bertz CT molecular complexity index is 897. The van der Waals surface area contributed by atoms with Gasteiger partial charge in [0.25, 0.3) is 0 Å². The van der Waals surface area contributed by atoms with Gasteiger partial charge >= 0.3 is 6.34 Å². The van der Waals surface area contributed by atoms with Gasteiger partial charge in [0.2, 0.25) is 24.1 Å². The molecule has 126 valence electrons. The summed E-state index contributed by atoms with van der Waals surface area (Å²) < 4.78 is 4.57. The molecule has 2 aromatic rings. The fourth-order valence-electron chi connectivity index (χ4n) is 3.79. The molecule has 0 atom stereocenters. The highest BCUT2D eigenvalue weighted by molar-refractivity contribution is 5.71. The summed E-state index contributed by atoms with van der Waals surface area (Å²) in [7, 11) is 0. The summed E-state index contributed by atoms with van der Waals surface area (Å²) in [6, 6.07) is 8.77. The first kappa shape index (κ1) is 17.1. The third kappa shape index (κ3) is 3.12. The summed E-state index contributed by atoms with van der Waals surface area (Å²) in [5.41, 5.74) is 9.95. The molecule has 0 amide bonds. The fraction of sp³-hybridized carbons (Fsp3) is 0.217. The zero-order chi connectivity index (χ0) is 18.1. The zero-order valence-electron chi connectivity index (χ0n) is 15.6. The van der Waals surface area contributed by atoms with E-state index in [0.717, 1.165) is 6.54 Å². The fourth-order valence-corrected chi connectivity index (χ4v) is 3.79. The highest BCUT2D eigenvalue weighted by Crippen LogP contribution is 2.29. The van der Waals surface area contributed by atoms with Crippen LogP contribution in [-0.4, -0.2) is 28.2 Å². The van der Waals surface area contributed by atoms with Gasteiger partial charge < -0.3 is 0 Å². The van der Waals surface area contributed by atoms with E-state index in [-0.39, 0.29) is 0 Å². The lowest BCUT2D eigenvalue weighted by Crippen LogP contribution is -2.08. The first-order valence-corrected chi connectivity index (χ1v) is 8.65. The van der Waals surface area contributed by atoms with Gasteiger partial charge in [0.05, 0.1) is 0 Å². The number of benzene rings is 2. The van der Waals surface area contributed by atoms with Crippen molar-refractivity contribution < 1.29 is 9.15 Å². The molecular formula is C23H26N2+2. The van der Waals surface area contributed by atoms with Gasteiger partial charge in [-0.05, 0) is 63.1 Å². The Kier molecular flexibility index (Phi) is 4.54. The molecule has 0 aliphatic carbocycles. The van der Waals surface area contributed by atoms with E-state index in [9.17, 15) is 0 Å². The van der Waals surface area contributed by atoms with Crippen LogP contribution in [0.4, 0.5) is 11.4 Å². The van der Waals surface area contributed by atoms with Crippen LogP contribution in [0, 0.1) is 27.7 Å². The average Bonchev–Trinajstić information content (AvgIpc) is 3.02. The number of rotatable bonds is 4. The smallest absolute Gasteiger partial charge is 0.132 e. The minimum Gasteiger partial charge on any atom is -0.132 e. The monoisotopic (exact) mass is 330 g/mol. The molecule has 0 bridgehead atoms. The zero-order valence-corrected chi connectivity index (χ0v) is 15.6. The summed E-state index contributed by atoms with van der Waals surface area (Å²) in [6.07, 6.45) is 8.25. The van der Waals surface area contributed by atoms with Crippen LogP contribution in [0.2, 0.25) is 0 Å². The van der Waals surface area contributed by atoms with Crippen LogP contribution in [0.1, 0.15) is 33.4 Å². The molecule has 0 saturated carbocycles.